The van der Waals surface area contributed by atoms with E-state index in [1.807, 2.05) is 17.1 Å². The van der Waals surface area contributed by atoms with Crippen LogP contribution in [0, 0.1) is 5.82 Å². The van der Waals surface area contributed by atoms with Crippen molar-refractivity contribution in [1.82, 2.24) is 19.8 Å². The maximum absolute atomic E-state index is 13.3. The number of nitrogens with zero attached hydrogens (tertiary/aromatic N) is 4. The normalized spacial score (nSPS) is 19.5. The molecule has 2 aromatic carbocycles. The van der Waals surface area contributed by atoms with Crippen molar-refractivity contribution in [2.24, 2.45) is 4.99 Å². The average molecular weight is 422 g/mol. The molecule has 3 aromatic rings. The molecule has 0 amide bonds. The summed E-state index contributed by atoms with van der Waals surface area (Å²) in [5, 5.41) is 3.47. The number of ether oxygens (including phenoxy) is 1. The van der Waals surface area contributed by atoms with Gasteiger partial charge in [-0.3, -0.25) is 4.99 Å². The molecule has 1 aliphatic heterocycles. The third-order valence-corrected chi connectivity index (χ3v) is 5.41. The number of halogens is 1. The van der Waals surface area contributed by atoms with Crippen LogP contribution in [0.25, 0.3) is 0 Å². The van der Waals surface area contributed by atoms with E-state index in [1.165, 1.54) is 23.3 Å². The minimum absolute atomic E-state index is 0.0461. The molecule has 6 nitrogen and oxygen atoms in total. The van der Waals surface area contributed by atoms with Crippen LogP contribution in [0.5, 0.6) is 0 Å². The van der Waals surface area contributed by atoms with E-state index in [1.54, 1.807) is 25.4 Å². The Bertz CT molecular complexity index is 986. The molecule has 0 bridgehead atoms. The van der Waals surface area contributed by atoms with E-state index in [4.69, 9.17) is 4.74 Å². The van der Waals surface area contributed by atoms with E-state index in [0.29, 0.717) is 13.1 Å². The molecular weight excluding hydrogens is 393 g/mol. The second-order valence-electron chi connectivity index (χ2n) is 7.84. The molecule has 31 heavy (non-hydrogen) atoms. The third kappa shape index (κ3) is 5.49. The molecule has 1 saturated heterocycles. The van der Waals surface area contributed by atoms with Crippen molar-refractivity contribution in [2.45, 2.75) is 32.2 Å². The van der Waals surface area contributed by atoms with Gasteiger partial charge in [-0.1, -0.05) is 36.4 Å². The van der Waals surface area contributed by atoms with Crippen molar-refractivity contribution in [3.8, 4) is 0 Å². The molecule has 0 aliphatic carbocycles. The fourth-order valence-electron chi connectivity index (χ4n) is 3.85. The fourth-order valence-corrected chi connectivity index (χ4v) is 3.85. The van der Waals surface area contributed by atoms with Gasteiger partial charge in [0, 0.05) is 39.1 Å². The highest BCUT2D eigenvalue weighted by molar-refractivity contribution is 5.80. The lowest BCUT2D eigenvalue weighted by molar-refractivity contribution is -0.0605. The molecule has 7 heteroatoms. The van der Waals surface area contributed by atoms with Gasteiger partial charge in [-0.15, -0.1) is 0 Å². The van der Waals surface area contributed by atoms with E-state index in [2.05, 4.69) is 51.4 Å². The summed E-state index contributed by atoms with van der Waals surface area (Å²) in [7, 11) is 1.80. The molecule has 2 atom stereocenters. The molecule has 2 unspecified atom stereocenters. The number of hydrogen-bond acceptors (Lipinski definition) is 3. The van der Waals surface area contributed by atoms with Crippen LogP contribution < -0.4 is 5.32 Å². The molecule has 0 spiro atoms. The summed E-state index contributed by atoms with van der Waals surface area (Å²) in [4.78, 5) is 10.8. The van der Waals surface area contributed by atoms with Gasteiger partial charge in [-0.25, -0.2) is 9.37 Å². The molecule has 1 N–H and O–H groups in total. The first kappa shape index (κ1) is 21.1. The molecular formula is C24H28FN5O. The topological polar surface area (TPSA) is 54.7 Å². The minimum Gasteiger partial charge on any atom is -0.367 e. The highest BCUT2D eigenvalue weighted by atomic mass is 19.1. The summed E-state index contributed by atoms with van der Waals surface area (Å²) in [6, 6.07) is 15.1. The van der Waals surface area contributed by atoms with Crippen molar-refractivity contribution < 1.29 is 9.13 Å². The van der Waals surface area contributed by atoms with Crippen LogP contribution >= 0.6 is 0 Å². The minimum atomic E-state index is -0.238. The standard InChI is InChI=1S/C24H28FN5O/c1-18-14-30(16-23(31-18)21-7-9-22(25)10-8-21)24(26-2)28-13-19-3-5-20(6-4-19)15-29-12-11-27-17-29/h3-12,17-18,23H,13-16H2,1-2H3,(H,26,28). The summed E-state index contributed by atoms with van der Waals surface area (Å²) in [6.07, 6.45) is 5.50. The van der Waals surface area contributed by atoms with Crippen molar-refractivity contribution in [3.63, 3.8) is 0 Å². The first-order valence-electron chi connectivity index (χ1n) is 10.5. The highest BCUT2D eigenvalue weighted by Crippen LogP contribution is 2.25. The van der Waals surface area contributed by atoms with Crippen LogP contribution in [0.2, 0.25) is 0 Å². The van der Waals surface area contributed by atoms with E-state index < -0.39 is 0 Å². The molecule has 4 rings (SSSR count). The Hall–Kier alpha value is -3.19. The molecule has 0 saturated carbocycles. The largest absolute Gasteiger partial charge is 0.367 e. The summed E-state index contributed by atoms with van der Waals surface area (Å²) in [5.41, 5.74) is 3.39. The molecule has 2 heterocycles. The predicted molar refractivity (Wildman–Crippen MR) is 119 cm³/mol. The molecule has 1 aliphatic rings. The number of rotatable bonds is 5. The van der Waals surface area contributed by atoms with Gasteiger partial charge in [0.25, 0.3) is 0 Å². The van der Waals surface area contributed by atoms with Gasteiger partial charge in [-0.05, 0) is 35.7 Å². The molecule has 162 valence electrons. The number of guanidine groups is 1. The van der Waals surface area contributed by atoms with Gasteiger partial charge >= 0.3 is 0 Å². The van der Waals surface area contributed by atoms with Gasteiger partial charge in [0.2, 0.25) is 0 Å². The Balaban J connectivity index is 1.36. The zero-order chi connectivity index (χ0) is 21.6. The Morgan fingerprint density at radius 2 is 1.87 bits per heavy atom. The number of aliphatic imine (C=N–C) groups is 1. The first-order valence-corrected chi connectivity index (χ1v) is 10.5. The maximum atomic E-state index is 13.3. The van der Waals surface area contributed by atoms with Gasteiger partial charge in [0.15, 0.2) is 5.96 Å². The fraction of sp³-hybridized carbons (Fsp3) is 0.333. The zero-order valence-corrected chi connectivity index (χ0v) is 17.9. The summed E-state index contributed by atoms with van der Waals surface area (Å²) in [6.45, 7) is 4.96. The number of nitrogens with one attached hydrogen (secondary N) is 1. The Kier molecular flexibility index (Phi) is 6.62. The van der Waals surface area contributed by atoms with Crippen molar-refractivity contribution in [3.05, 3.63) is 89.8 Å². The number of aromatic nitrogens is 2. The monoisotopic (exact) mass is 421 g/mol. The van der Waals surface area contributed by atoms with Crippen LogP contribution in [-0.4, -0.2) is 46.7 Å². The van der Waals surface area contributed by atoms with Crippen LogP contribution in [-0.2, 0) is 17.8 Å². The number of hydrogen-bond donors (Lipinski definition) is 1. The smallest absolute Gasteiger partial charge is 0.194 e. The van der Waals surface area contributed by atoms with Gasteiger partial charge in [-0.2, -0.15) is 0 Å². The predicted octanol–water partition coefficient (Wildman–Crippen LogP) is 3.61. The number of imidazole rings is 1. The molecule has 1 aromatic heterocycles. The molecule has 1 fully saturated rings. The van der Waals surface area contributed by atoms with E-state index in [0.717, 1.165) is 24.6 Å². The van der Waals surface area contributed by atoms with Crippen LogP contribution in [0.3, 0.4) is 0 Å². The van der Waals surface area contributed by atoms with Crippen LogP contribution in [0.4, 0.5) is 4.39 Å². The third-order valence-electron chi connectivity index (χ3n) is 5.41. The maximum Gasteiger partial charge on any atom is 0.194 e. The Morgan fingerprint density at radius 3 is 2.55 bits per heavy atom. The lowest BCUT2D eigenvalue weighted by Gasteiger charge is -2.38. The SMILES string of the molecule is CN=C(NCc1ccc(Cn2ccnc2)cc1)N1CC(C)OC(c2ccc(F)cc2)C1. The second-order valence-corrected chi connectivity index (χ2v) is 7.84. The lowest BCUT2D eigenvalue weighted by Crippen LogP contribution is -2.50. The zero-order valence-electron chi connectivity index (χ0n) is 17.9. The summed E-state index contributed by atoms with van der Waals surface area (Å²) < 4.78 is 21.4. The highest BCUT2D eigenvalue weighted by Gasteiger charge is 2.28. The second kappa shape index (κ2) is 9.75. The van der Waals surface area contributed by atoms with Gasteiger partial charge in [0.1, 0.15) is 11.9 Å². The molecule has 0 radical (unpaired) electrons. The summed E-state index contributed by atoms with van der Waals surface area (Å²) >= 11 is 0. The quantitative estimate of drug-likeness (QED) is 0.505. The lowest BCUT2D eigenvalue weighted by atomic mass is 10.1. The van der Waals surface area contributed by atoms with Crippen molar-refractivity contribution >= 4 is 5.96 Å². The number of benzene rings is 2. The van der Waals surface area contributed by atoms with E-state index >= 15 is 0 Å². The van der Waals surface area contributed by atoms with Crippen molar-refractivity contribution in [2.75, 3.05) is 20.1 Å². The van der Waals surface area contributed by atoms with E-state index in [9.17, 15) is 4.39 Å². The van der Waals surface area contributed by atoms with Gasteiger partial charge in [0.05, 0.1) is 19.0 Å². The number of morpholine rings is 1. The van der Waals surface area contributed by atoms with Crippen molar-refractivity contribution in [1.29, 1.82) is 0 Å². The Morgan fingerprint density at radius 1 is 1.13 bits per heavy atom. The van der Waals surface area contributed by atoms with Crippen LogP contribution in [0.15, 0.2) is 72.2 Å². The van der Waals surface area contributed by atoms with Crippen LogP contribution in [0.1, 0.15) is 29.7 Å². The average Bonchev–Trinajstić information content (AvgIpc) is 3.28. The summed E-state index contributed by atoms with van der Waals surface area (Å²) in [5.74, 6) is 0.600. The van der Waals surface area contributed by atoms with E-state index in [-0.39, 0.29) is 18.0 Å². The Labute approximate surface area is 182 Å². The van der Waals surface area contributed by atoms with Gasteiger partial charge < -0.3 is 19.5 Å². The first-order chi connectivity index (χ1) is 15.1.